The fraction of sp³-hybridized carbons (Fsp3) is 0.296. The number of methoxy groups -OCH3 is 1. The van der Waals surface area contributed by atoms with E-state index in [2.05, 4.69) is 4.99 Å². The van der Waals surface area contributed by atoms with Crippen molar-refractivity contribution in [3.8, 4) is 5.75 Å². The Hall–Kier alpha value is -4.09. The molecule has 0 radical (unpaired) electrons. The second-order valence-corrected chi connectivity index (χ2v) is 9.77. The normalized spacial score (nSPS) is 15.3. The molecule has 0 bridgehead atoms. The fourth-order valence-corrected chi connectivity index (χ4v) is 5.13. The summed E-state index contributed by atoms with van der Waals surface area (Å²) in [6, 6.07) is 12.3. The fourth-order valence-electron chi connectivity index (χ4n) is 4.08. The van der Waals surface area contributed by atoms with Gasteiger partial charge >= 0.3 is 5.97 Å². The summed E-state index contributed by atoms with van der Waals surface area (Å²) in [5.74, 6) is -0.0633. The van der Waals surface area contributed by atoms with Gasteiger partial charge in [0.1, 0.15) is 18.4 Å². The van der Waals surface area contributed by atoms with Crippen molar-refractivity contribution in [2.75, 3.05) is 20.3 Å². The van der Waals surface area contributed by atoms with Crippen molar-refractivity contribution in [1.29, 1.82) is 0 Å². The van der Waals surface area contributed by atoms with E-state index in [4.69, 9.17) is 14.2 Å². The van der Waals surface area contributed by atoms with Gasteiger partial charge in [-0.25, -0.2) is 9.79 Å². The van der Waals surface area contributed by atoms with Crippen LogP contribution >= 0.6 is 11.3 Å². The molecule has 1 aliphatic rings. The number of non-ortho nitro benzene ring substituents is 1. The van der Waals surface area contributed by atoms with Gasteiger partial charge in [0.2, 0.25) is 0 Å². The summed E-state index contributed by atoms with van der Waals surface area (Å²) in [5, 5.41) is 11.0. The first kappa shape index (κ1) is 27.0. The molecule has 0 N–H and O–H groups in total. The second-order valence-electron chi connectivity index (χ2n) is 8.76. The highest BCUT2D eigenvalue weighted by Crippen LogP contribution is 2.36. The van der Waals surface area contributed by atoms with Gasteiger partial charge in [-0.1, -0.05) is 29.5 Å². The third kappa shape index (κ3) is 5.58. The molecular weight excluding hydrogens is 510 g/mol. The number of nitro groups is 1. The Morgan fingerprint density at radius 2 is 1.89 bits per heavy atom. The van der Waals surface area contributed by atoms with Crippen LogP contribution in [-0.2, 0) is 14.3 Å². The van der Waals surface area contributed by atoms with Crippen LogP contribution in [0.3, 0.4) is 0 Å². The highest BCUT2D eigenvalue weighted by molar-refractivity contribution is 7.07. The number of ether oxygens (including phenoxy) is 3. The number of fused-ring (bicyclic) bond motifs is 1. The van der Waals surface area contributed by atoms with Crippen LogP contribution in [0.15, 0.2) is 69.6 Å². The summed E-state index contributed by atoms with van der Waals surface area (Å²) < 4.78 is 18.4. The molecule has 38 heavy (non-hydrogen) atoms. The maximum absolute atomic E-state index is 13.8. The van der Waals surface area contributed by atoms with Crippen molar-refractivity contribution in [2.24, 2.45) is 4.99 Å². The molecule has 0 fully saturated rings. The monoisotopic (exact) mass is 537 g/mol. The molecule has 0 unspecified atom stereocenters. The first-order valence-corrected chi connectivity index (χ1v) is 12.7. The van der Waals surface area contributed by atoms with E-state index in [0.29, 0.717) is 31.9 Å². The lowest BCUT2D eigenvalue weighted by Gasteiger charge is -2.27. The molecule has 0 saturated heterocycles. The Labute approximate surface area is 222 Å². The van der Waals surface area contributed by atoms with Crippen LogP contribution in [0.1, 0.15) is 37.9 Å². The third-order valence-corrected chi connectivity index (χ3v) is 6.72. The maximum Gasteiger partial charge on any atom is 0.338 e. The van der Waals surface area contributed by atoms with Crippen molar-refractivity contribution >= 4 is 29.1 Å². The number of nitrogens with zero attached hydrogens (tertiary/aromatic N) is 3. The van der Waals surface area contributed by atoms with Crippen molar-refractivity contribution in [3.05, 3.63) is 101 Å². The number of carbonyl (C=O) groups excluding carboxylic acids is 1. The van der Waals surface area contributed by atoms with E-state index < -0.39 is 16.9 Å². The van der Waals surface area contributed by atoms with Gasteiger partial charge in [0.25, 0.3) is 11.2 Å². The number of esters is 1. The summed E-state index contributed by atoms with van der Waals surface area (Å²) in [6.45, 7) is 5.78. The van der Waals surface area contributed by atoms with E-state index in [9.17, 15) is 19.7 Å². The van der Waals surface area contributed by atoms with Gasteiger partial charge in [-0.05, 0) is 50.6 Å². The minimum absolute atomic E-state index is 0.0439. The third-order valence-electron chi connectivity index (χ3n) is 5.74. The zero-order valence-electron chi connectivity index (χ0n) is 21.4. The second kappa shape index (κ2) is 11.5. The van der Waals surface area contributed by atoms with E-state index in [-0.39, 0.29) is 36.1 Å². The van der Waals surface area contributed by atoms with E-state index in [0.717, 1.165) is 0 Å². The Bertz CT molecular complexity index is 1570. The largest absolute Gasteiger partial charge is 0.491 e. The zero-order chi connectivity index (χ0) is 27.4. The van der Waals surface area contributed by atoms with E-state index in [1.165, 1.54) is 35.1 Å². The summed E-state index contributed by atoms with van der Waals surface area (Å²) in [5.41, 5.74) is 1.51. The van der Waals surface area contributed by atoms with Crippen molar-refractivity contribution in [3.63, 3.8) is 0 Å². The standard InChI is InChI=1S/C27H27N3O7S/c1-16(2)37-21-8-6-5-7-20(21)24-23(26(32)36-14-13-35-4)17(3)28-27-29(24)25(31)22(38-27)15-18-9-11-19(12-10-18)30(33)34/h5-12,15-16,24H,13-14H2,1-4H3/b22-15+/t24-/m1/s1. The lowest BCUT2D eigenvalue weighted by Crippen LogP contribution is -2.40. The number of aromatic nitrogens is 1. The lowest BCUT2D eigenvalue weighted by atomic mass is 9.95. The Balaban J connectivity index is 1.90. The maximum atomic E-state index is 13.8. The number of benzene rings is 2. The average Bonchev–Trinajstić information content (AvgIpc) is 3.18. The van der Waals surface area contributed by atoms with Gasteiger partial charge in [-0.2, -0.15) is 0 Å². The molecule has 0 aliphatic carbocycles. The average molecular weight is 538 g/mol. The number of thiazole rings is 1. The van der Waals surface area contributed by atoms with E-state index in [1.807, 2.05) is 32.0 Å². The number of allylic oxidation sites excluding steroid dienone is 1. The van der Waals surface area contributed by atoms with Gasteiger partial charge < -0.3 is 14.2 Å². The Kier molecular flexibility index (Phi) is 8.18. The van der Waals surface area contributed by atoms with Gasteiger partial charge in [0.05, 0.1) is 33.4 Å². The van der Waals surface area contributed by atoms with E-state index >= 15 is 0 Å². The molecule has 11 heteroatoms. The highest BCUT2D eigenvalue weighted by Gasteiger charge is 2.35. The predicted molar refractivity (Wildman–Crippen MR) is 142 cm³/mol. The van der Waals surface area contributed by atoms with Crippen molar-refractivity contribution in [2.45, 2.75) is 32.9 Å². The Morgan fingerprint density at radius 1 is 1.18 bits per heavy atom. The molecule has 198 valence electrons. The van der Waals surface area contributed by atoms with Crippen LogP contribution in [0.25, 0.3) is 6.08 Å². The Morgan fingerprint density at radius 3 is 2.55 bits per heavy atom. The van der Waals surface area contributed by atoms with Gasteiger partial charge in [-0.3, -0.25) is 19.5 Å². The molecule has 0 amide bonds. The van der Waals surface area contributed by atoms with Crippen LogP contribution in [0.4, 0.5) is 5.69 Å². The molecule has 4 rings (SSSR count). The molecular formula is C27H27N3O7S. The van der Waals surface area contributed by atoms with Gasteiger partial charge in [-0.15, -0.1) is 0 Å². The molecule has 1 aromatic heterocycles. The minimum Gasteiger partial charge on any atom is -0.491 e. The molecule has 0 spiro atoms. The number of hydrogen-bond donors (Lipinski definition) is 0. The van der Waals surface area contributed by atoms with Crippen LogP contribution in [0.2, 0.25) is 0 Å². The predicted octanol–water partition coefficient (Wildman–Crippen LogP) is 3.12. The molecule has 1 atom stereocenters. The number of hydrogen-bond acceptors (Lipinski definition) is 9. The van der Waals surface area contributed by atoms with E-state index in [1.54, 1.807) is 31.2 Å². The first-order chi connectivity index (χ1) is 18.2. The first-order valence-electron chi connectivity index (χ1n) is 11.9. The van der Waals surface area contributed by atoms with Crippen LogP contribution in [0, 0.1) is 10.1 Å². The van der Waals surface area contributed by atoms with Gasteiger partial charge in [0.15, 0.2) is 4.80 Å². The number of carbonyl (C=O) groups is 1. The number of rotatable bonds is 9. The quantitative estimate of drug-likeness (QED) is 0.178. The topological polar surface area (TPSA) is 122 Å². The van der Waals surface area contributed by atoms with Crippen LogP contribution in [0.5, 0.6) is 5.75 Å². The molecule has 2 heterocycles. The highest BCUT2D eigenvalue weighted by atomic mass is 32.1. The minimum atomic E-state index is -0.838. The zero-order valence-corrected chi connectivity index (χ0v) is 22.2. The smallest absolute Gasteiger partial charge is 0.338 e. The summed E-state index contributed by atoms with van der Waals surface area (Å²) >= 11 is 1.17. The molecule has 3 aromatic rings. The van der Waals surface area contributed by atoms with Crippen LogP contribution < -0.4 is 19.6 Å². The number of para-hydroxylation sites is 1. The van der Waals surface area contributed by atoms with Gasteiger partial charge in [0, 0.05) is 24.8 Å². The molecule has 1 aliphatic heterocycles. The summed E-state index contributed by atoms with van der Waals surface area (Å²) in [7, 11) is 1.51. The molecule has 10 nitrogen and oxygen atoms in total. The lowest BCUT2D eigenvalue weighted by molar-refractivity contribution is -0.384. The molecule has 0 saturated carbocycles. The summed E-state index contributed by atoms with van der Waals surface area (Å²) in [6.07, 6.45) is 1.51. The van der Waals surface area contributed by atoms with Crippen molar-refractivity contribution in [1.82, 2.24) is 4.57 Å². The SMILES string of the molecule is COCCOC(=O)C1=C(C)N=c2s/c(=C/c3ccc([N+](=O)[O-])cc3)c(=O)n2[C@@H]1c1ccccc1OC(C)C. The van der Waals surface area contributed by atoms with Crippen molar-refractivity contribution < 1.29 is 23.9 Å². The molecule has 2 aromatic carbocycles. The van der Waals surface area contributed by atoms with Crippen LogP contribution in [-0.4, -0.2) is 41.9 Å². The number of nitro benzene ring substituents is 1. The summed E-state index contributed by atoms with van der Waals surface area (Å²) in [4.78, 5) is 42.6.